The molecule has 150 valence electrons. The average molecular weight is 409 g/mol. The monoisotopic (exact) mass is 408 g/mol. The van der Waals surface area contributed by atoms with Crippen molar-refractivity contribution in [2.45, 2.75) is 57.2 Å². The quantitative estimate of drug-likeness (QED) is 0.570. The first kappa shape index (κ1) is 18.3. The lowest BCUT2D eigenvalue weighted by Crippen LogP contribution is -2.47. The number of H-pyrrole nitrogens is 1. The number of aryl methyl sites for hydroxylation is 1. The van der Waals surface area contributed by atoms with Gasteiger partial charge in [0.25, 0.3) is 0 Å². The molecular formula is C20H24N8S. The number of piperidine rings is 1. The van der Waals surface area contributed by atoms with Gasteiger partial charge in [-0.05, 0) is 44.1 Å². The summed E-state index contributed by atoms with van der Waals surface area (Å²) in [6.07, 6.45) is 5.28. The van der Waals surface area contributed by atoms with Crippen LogP contribution in [0.25, 0.3) is 10.2 Å². The van der Waals surface area contributed by atoms with Gasteiger partial charge in [0.1, 0.15) is 10.6 Å². The highest BCUT2D eigenvalue weighted by Gasteiger charge is 2.40. The number of nitriles is 1. The molecule has 3 N–H and O–H groups in total. The molecule has 2 aliphatic heterocycles. The minimum Gasteiger partial charge on any atom is -0.367 e. The Morgan fingerprint density at radius 3 is 2.86 bits per heavy atom. The van der Waals surface area contributed by atoms with Gasteiger partial charge in [-0.2, -0.15) is 15.3 Å². The summed E-state index contributed by atoms with van der Waals surface area (Å²) in [6.45, 7) is 2.86. The Labute approximate surface area is 173 Å². The highest BCUT2D eigenvalue weighted by Crippen LogP contribution is 2.37. The van der Waals surface area contributed by atoms with E-state index in [4.69, 9.17) is 10.2 Å². The van der Waals surface area contributed by atoms with E-state index in [2.05, 4.69) is 48.2 Å². The molecule has 2 bridgehead atoms. The third kappa shape index (κ3) is 3.66. The van der Waals surface area contributed by atoms with Gasteiger partial charge < -0.3 is 10.6 Å². The fourth-order valence-corrected chi connectivity index (χ4v) is 5.51. The van der Waals surface area contributed by atoms with Gasteiger partial charge in [0, 0.05) is 42.9 Å². The Morgan fingerprint density at radius 2 is 2.14 bits per heavy atom. The molecule has 3 aromatic heterocycles. The highest BCUT2D eigenvalue weighted by atomic mass is 32.1. The van der Waals surface area contributed by atoms with Crippen molar-refractivity contribution < 1.29 is 0 Å². The van der Waals surface area contributed by atoms with E-state index in [1.54, 1.807) is 11.3 Å². The maximum Gasteiger partial charge on any atom is 0.231 e. The SMILES string of the molecule is Cc1cc(Nc2nc(N[C@@H]3C[C@H]4CC[C@@H](C3)N4CCC#N)c3ccsc3n2)n[nH]1. The molecule has 29 heavy (non-hydrogen) atoms. The maximum atomic E-state index is 8.94. The Morgan fingerprint density at radius 1 is 1.31 bits per heavy atom. The van der Waals surface area contributed by atoms with Crippen LogP contribution < -0.4 is 10.6 Å². The van der Waals surface area contributed by atoms with Crippen LogP contribution in [-0.4, -0.2) is 49.7 Å². The van der Waals surface area contributed by atoms with Crippen molar-refractivity contribution in [2.24, 2.45) is 0 Å². The zero-order valence-corrected chi connectivity index (χ0v) is 17.2. The predicted molar refractivity (Wildman–Crippen MR) is 114 cm³/mol. The summed E-state index contributed by atoms with van der Waals surface area (Å²) in [5.41, 5.74) is 0.988. The first-order valence-corrected chi connectivity index (χ1v) is 11.0. The summed E-state index contributed by atoms with van der Waals surface area (Å²) in [4.78, 5) is 12.9. The summed E-state index contributed by atoms with van der Waals surface area (Å²) >= 11 is 1.62. The van der Waals surface area contributed by atoms with Crippen molar-refractivity contribution in [3.63, 3.8) is 0 Å². The summed E-state index contributed by atoms with van der Waals surface area (Å²) in [7, 11) is 0. The highest BCUT2D eigenvalue weighted by molar-refractivity contribution is 7.16. The van der Waals surface area contributed by atoms with E-state index in [-0.39, 0.29) is 0 Å². The number of rotatable bonds is 6. The van der Waals surface area contributed by atoms with Crippen LogP contribution in [0.4, 0.5) is 17.6 Å². The Balaban J connectivity index is 1.35. The van der Waals surface area contributed by atoms with Gasteiger partial charge in [0.15, 0.2) is 5.82 Å². The summed E-state index contributed by atoms with van der Waals surface area (Å²) in [6, 6.07) is 7.85. The molecule has 0 saturated carbocycles. The number of hydrogen-bond donors (Lipinski definition) is 3. The number of aromatic amines is 1. The molecule has 0 radical (unpaired) electrons. The molecule has 5 rings (SSSR count). The molecule has 0 amide bonds. The molecule has 3 aromatic rings. The van der Waals surface area contributed by atoms with Crippen molar-refractivity contribution in [3.05, 3.63) is 23.2 Å². The number of thiophene rings is 1. The molecule has 2 saturated heterocycles. The second-order valence-electron chi connectivity index (χ2n) is 7.94. The predicted octanol–water partition coefficient (Wildman–Crippen LogP) is 3.79. The van der Waals surface area contributed by atoms with E-state index in [0.29, 0.717) is 36.3 Å². The summed E-state index contributed by atoms with van der Waals surface area (Å²) in [5, 5.41) is 26.1. The van der Waals surface area contributed by atoms with Gasteiger partial charge >= 0.3 is 0 Å². The lowest BCUT2D eigenvalue weighted by atomic mass is 9.97. The number of nitrogens with one attached hydrogen (secondary N) is 3. The van der Waals surface area contributed by atoms with Crippen LogP contribution in [0.15, 0.2) is 17.5 Å². The summed E-state index contributed by atoms with van der Waals surface area (Å²) in [5.74, 6) is 2.16. The number of fused-ring (bicyclic) bond motifs is 3. The van der Waals surface area contributed by atoms with Crippen molar-refractivity contribution in [1.82, 2.24) is 25.1 Å². The molecule has 8 nitrogen and oxygen atoms in total. The number of nitrogens with zero attached hydrogens (tertiary/aromatic N) is 5. The fourth-order valence-electron chi connectivity index (χ4n) is 4.75. The molecule has 5 heterocycles. The van der Waals surface area contributed by atoms with Crippen LogP contribution in [0.2, 0.25) is 0 Å². The smallest absolute Gasteiger partial charge is 0.231 e. The van der Waals surface area contributed by atoms with E-state index in [1.807, 2.05) is 13.0 Å². The van der Waals surface area contributed by atoms with E-state index in [9.17, 15) is 0 Å². The van der Waals surface area contributed by atoms with Crippen LogP contribution in [0.3, 0.4) is 0 Å². The van der Waals surface area contributed by atoms with E-state index in [0.717, 1.165) is 41.1 Å². The minimum atomic E-state index is 0.393. The van der Waals surface area contributed by atoms with Crippen molar-refractivity contribution >= 4 is 39.1 Å². The molecular weight excluding hydrogens is 384 g/mol. The molecule has 0 spiro atoms. The molecule has 0 unspecified atom stereocenters. The van der Waals surface area contributed by atoms with Crippen molar-refractivity contribution in [2.75, 3.05) is 17.2 Å². The van der Waals surface area contributed by atoms with Crippen LogP contribution in [0.5, 0.6) is 0 Å². The molecule has 2 aliphatic rings. The number of aromatic nitrogens is 4. The second-order valence-corrected chi connectivity index (χ2v) is 8.83. The van der Waals surface area contributed by atoms with Crippen molar-refractivity contribution in [3.8, 4) is 6.07 Å². The first-order chi connectivity index (χ1) is 14.2. The lowest BCUT2D eigenvalue weighted by molar-refractivity contribution is 0.136. The van der Waals surface area contributed by atoms with E-state index < -0.39 is 0 Å². The van der Waals surface area contributed by atoms with Crippen LogP contribution in [0, 0.1) is 18.3 Å². The number of hydrogen-bond acceptors (Lipinski definition) is 8. The first-order valence-electron chi connectivity index (χ1n) is 10.1. The van der Waals surface area contributed by atoms with Crippen molar-refractivity contribution in [1.29, 1.82) is 5.26 Å². The van der Waals surface area contributed by atoms with Gasteiger partial charge in [0.2, 0.25) is 5.95 Å². The largest absolute Gasteiger partial charge is 0.367 e. The Kier molecular flexibility index (Phi) is 4.81. The standard InChI is InChI=1S/C20H24N8S/c1-12-9-17(27-26-12)23-20-24-18(16-5-8-29-19(16)25-20)22-13-10-14-3-4-15(11-13)28(14)7-2-6-21/h5,8-9,13-15H,2-4,7,10-11H2,1H3,(H3,22,23,24,25,26,27)/t13-,14-,15+. The van der Waals surface area contributed by atoms with Gasteiger partial charge in [-0.15, -0.1) is 11.3 Å². The molecule has 0 aliphatic carbocycles. The Hall–Kier alpha value is -2.70. The normalized spacial score (nSPS) is 23.9. The van der Waals surface area contributed by atoms with Gasteiger partial charge in [-0.25, -0.2) is 4.98 Å². The van der Waals surface area contributed by atoms with Crippen LogP contribution in [0.1, 0.15) is 37.8 Å². The fraction of sp³-hybridized carbons (Fsp3) is 0.500. The lowest BCUT2D eigenvalue weighted by Gasteiger charge is -2.39. The molecule has 0 aromatic carbocycles. The zero-order chi connectivity index (χ0) is 19.8. The van der Waals surface area contributed by atoms with Gasteiger partial charge in [-0.1, -0.05) is 0 Å². The minimum absolute atomic E-state index is 0.393. The second kappa shape index (κ2) is 7.61. The van der Waals surface area contributed by atoms with Crippen LogP contribution >= 0.6 is 11.3 Å². The molecule has 3 atom stereocenters. The topological polar surface area (TPSA) is 106 Å². The maximum absolute atomic E-state index is 8.94. The van der Waals surface area contributed by atoms with E-state index >= 15 is 0 Å². The zero-order valence-electron chi connectivity index (χ0n) is 16.4. The average Bonchev–Trinajstić information content (AvgIpc) is 3.39. The third-order valence-corrected chi connectivity index (χ3v) is 6.78. The Bertz CT molecular complexity index is 1040. The summed E-state index contributed by atoms with van der Waals surface area (Å²) < 4.78 is 0. The van der Waals surface area contributed by atoms with Crippen LogP contribution in [-0.2, 0) is 0 Å². The van der Waals surface area contributed by atoms with Gasteiger partial charge in [-0.3, -0.25) is 10.00 Å². The van der Waals surface area contributed by atoms with E-state index in [1.165, 1.54) is 12.8 Å². The third-order valence-electron chi connectivity index (χ3n) is 5.98. The number of anilines is 3. The molecule has 9 heteroatoms. The molecule has 2 fully saturated rings. The van der Waals surface area contributed by atoms with Gasteiger partial charge in [0.05, 0.1) is 11.5 Å².